The minimum Gasteiger partial charge on any atom is -0.496 e. The summed E-state index contributed by atoms with van der Waals surface area (Å²) in [5.41, 5.74) is 0.271. The highest BCUT2D eigenvalue weighted by Gasteiger charge is 2.48. The first-order chi connectivity index (χ1) is 15.7. The van der Waals surface area contributed by atoms with Crippen LogP contribution in [-0.4, -0.2) is 55.0 Å². The van der Waals surface area contributed by atoms with Crippen LogP contribution in [0.5, 0.6) is 11.5 Å². The van der Waals surface area contributed by atoms with Gasteiger partial charge in [0.15, 0.2) is 0 Å². The molecule has 0 spiro atoms. The maximum absolute atomic E-state index is 13.1. The molecule has 2 aromatic carbocycles. The number of nitrogens with zero attached hydrogens (tertiary/aromatic N) is 1. The van der Waals surface area contributed by atoms with Crippen LogP contribution in [0.15, 0.2) is 42.5 Å². The van der Waals surface area contributed by atoms with E-state index in [4.69, 9.17) is 9.47 Å². The molecule has 33 heavy (non-hydrogen) atoms. The van der Waals surface area contributed by atoms with Crippen LogP contribution >= 0.6 is 0 Å². The van der Waals surface area contributed by atoms with E-state index < -0.39 is 29.9 Å². The maximum Gasteiger partial charge on any atom is 0.325 e. The molecule has 1 aliphatic heterocycles. The highest BCUT2D eigenvalue weighted by molar-refractivity contribution is 6.10. The summed E-state index contributed by atoms with van der Waals surface area (Å²) >= 11 is 0. The lowest BCUT2D eigenvalue weighted by Gasteiger charge is -2.22. The second-order valence-corrected chi connectivity index (χ2v) is 7.79. The third-order valence-corrected chi connectivity index (χ3v) is 5.18. The molecular formula is C23H26N4O6. The van der Waals surface area contributed by atoms with E-state index in [0.717, 1.165) is 10.5 Å². The molecule has 10 heteroatoms. The lowest BCUT2D eigenvalue weighted by Crippen LogP contribution is -2.46. The Labute approximate surface area is 191 Å². The van der Waals surface area contributed by atoms with Gasteiger partial charge < -0.3 is 25.4 Å². The quantitative estimate of drug-likeness (QED) is 0.525. The van der Waals surface area contributed by atoms with Gasteiger partial charge in [0, 0.05) is 19.0 Å². The smallest absolute Gasteiger partial charge is 0.325 e. The van der Waals surface area contributed by atoms with Crippen molar-refractivity contribution in [2.75, 3.05) is 31.4 Å². The predicted octanol–water partition coefficient (Wildman–Crippen LogP) is 2.15. The zero-order valence-corrected chi connectivity index (χ0v) is 18.9. The van der Waals surface area contributed by atoms with Crippen LogP contribution in [0.1, 0.15) is 19.4 Å². The van der Waals surface area contributed by atoms with Crippen molar-refractivity contribution in [2.45, 2.75) is 25.8 Å². The monoisotopic (exact) mass is 454 g/mol. The second kappa shape index (κ2) is 9.60. The lowest BCUT2D eigenvalue weighted by atomic mass is 9.92. The fraction of sp³-hybridized carbons (Fsp3) is 0.304. The van der Waals surface area contributed by atoms with Crippen LogP contribution in [0.2, 0.25) is 0 Å². The Morgan fingerprint density at radius 2 is 1.73 bits per heavy atom. The Morgan fingerprint density at radius 1 is 1.03 bits per heavy atom. The summed E-state index contributed by atoms with van der Waals surface area (Å²) in [5, 5.41) is 7.93. The van der Waals surface area contributed by atoms with E-state index in [1.807, 2.05) is 18.2 Å². The molecule has 2 aromatic rings. The molecule has 0 radical (unpaired) electrons. The Hall–Kier alpha value is -4.08. The molecule has 3 N–H and O–H groups in total. The van der Waals surface area contributed by atoms with Gasteiger partial charge in [-0.25, -0.2) is 4.79 Å². The number of hydrogen-bond acceptors (Lipinski definition) is 6. The number of rotatable bonds is 8. The van der Waals surface area contributed by atoms with Crippen molar-refractivity contribution in [1.29, 1.82) is 0 Å². The van der Waals surface area contributed by atoms with Crippen molar-refractivity contribution in [2.24, 2.45) is 0 Å². The number of nitrogens with one attached hydrogen (secondary N) is 3. The van der Waals surface area contributed by atoms with Crippen molar-refractivity contribution in [3.8, 4) is 11.5 Å². The normalized spacial score (nSPS) is 17.4. The Bertz CT molecular complexity index is 1100. The van der Waals surface area contributed by atoms with Gasteiger partial charge in [-0.1, -0.05) is 18.2 Å². The van der Waals surface area contributed by atoms with Crippen LogP contribution in [0.3, 0.4) is 0 Å². The molecule has 1 unspecified atom stereocenters. The molecule has 174 valence electrons. The molecule has 5 amide bonds. The summed E-state index contributed by atoms with van der Waals surface area (Å²) in [7, 11) is 2.96. The summed E-state index contributed by atoms with van der Waals surface area (Å²) in [5.74, 6) is -0.435. The summed E-state index contributed by atoms with van der Waals surface area (Å²) in [4.78, 5) is 50.5. The van der Waals surface area contributed by atoms with Gasteiger partial charge in [0.1, 0.15) is 23.6 Å². The van der Waals surface area contributed by atoms with Crippen molar-refractivity contribution in [3.63, 3.8) is 0 Å². The van der Waals surface area contributed by atoms with Gasteiger partial charge in [0.05, 0.1) is 19.9 Å². The van der Waals surface area contributed by atoms with Gasteiger partial charge in [0.25, 0.3) is 5.91 Å². The number of benzene rings is 2. The number of anilines is 2. The number of methoxy groups -OCH3 is 2. The molecular weight excluding hydrogens is 428 g/mol. The van der Waals surface area contributed by atoms with Crippen molar-refractivity contribution in [3.05, 3.63) is 48.0 Å². The van der Waals surface area contributed by atoms with Gasteiger partial charge in [-0.2, -0.15) is 0 Å². The SMILES string of the molecule is COc1ccccc1CC1(C)NC(=O)N(CC(=O)Nc2cc(NC(C)=O)ccc2OC)C1=O. The molecule has 3 rings (SSSR count). The molecule has 1 saturated heterocycles. The summed E-state index contributed by atoms with van der Waals surface area (Å²) < 4.78 is 10.6. The van der Waals surface area contributed by atoms with Gasteiger partial charge >= 0.3 is 6.03 Å². The molecule has 1 atom stereocenters. The molecule has 10 nitrogen and oxygen atoms in total. The predicted molar refractivity (Wildman–Crippen MR) is 121 cm³/mol. The topological polar surface area (TPSA) is 126 Å². The number of para-hydroxylation sites is 1. The van der Waals surface area contributed by atoms with E-state index >= 15 is 0 Å². The molecule has 0 bridgehead atoms. The maximum atomic E-state index is 13.1. The minimum atomic E-state index is -1.23. The number of carbonyl (C=O) groups is 4. The third-order valence-electron chi connectivity index (χ3n) is 5.18. The summed E-state index contributed by atoms with van der Waals surface area (Å²) in [6, 6.07) is 11.3. The number of ether oxygens (including phenoxy) is 2. The number of amides is 5. The fourth-order valence-electron chi connectivity index (χ4n) is 3.66. The van der Waals surface area contributed by atoms with E-state index in [1.165, 1.54) is 27.2 Å². The first-order valence-electron chi connectivity index (χ1n) is 10.2. The van der Waals surface area contributed by atoms with Crippen molar-refractivity contribution < 1.29 is 28.7 Å². The van der Waals surface area contributed by atoms with Crippen LogP contribution in [0.25, 0.3) is 0 Å². The lowest BCUT2D eigenvalue weighted by molar-refractivity contribution is -0.133. The molecule has 0 aromatic heterocycles. The van der Waals surface area contributed by atoms with E-state index in [0.29, 0.717) is 17.2 Å². The average molecular weight is 454 g/mol. The minimum absolute atomic E-state index is 0.201. The van der Waals surface area contributed by atoms with E-state index in [2.05, 4.69) is 16.0 Å². The Kier molecular flexibility index (Phi) is 6.86. The van der Waals surface area contributed by atoms with Crippen LogP contribution in [0.4, 0.5) is 16.2 Å². The van der Waals surface area contributed by atoms with Gasteiger partial charge in [-0.05, 0) is 36.8 Å². The number of urea groups is 1. The van der Waals surface area contributed by atoms with Crippen molar-refractivity contribution in [1.82, 2.24) is 10.2 Å². The van der Waals surface area contributed by atoms with Gasteiger partial charge in [-0.3, -0.25) is 19.3 Å². The van der Waals surface area contributed by atoms with Crippen LogP contribution in [0, 0.1) is 0 Å². The Balaban J connectivity index is 1.73. The summed E-state index contributed by atoms with van der Waals surface area (Å²) in [6.07, 6.45) is 0.201. The first-order valence-corrected chi connectivity index (χ1v) is 10.2. The highest BCUT2D eigenvalue weighted by Crippen LogP contribution is 2.29. The molecule has 1 fully saturated rings. The molecule has 1 heterocycles. The fourth-order valence-corrected chi connectivity index (χ4v) is 3.66. The molecule has 0 saturated carbocycles. The highest BCUT2D eigenvalue weighted by atomic mass is 16.5. The largest absolute Gasteiger partial charge is 0.496 e. The van der Waals surface area contributed by atoms with E-state index in [1.54, 1.807) is 25.1 Å². The van der Waals surface area contributed by atoms with Gasteiger partial charge in [0.2, 0.25) is 11.8 Å². The number of carbonyl (C=O) groups excluding carboxylic acids is 4. The zero-order chi connectivity index (χ0) is 24.2. The number of hydrogen-bond donors (Lipinski definition) is 3. The number of imide groups is 1. The standard InChI is InChI=1S/C23H26N4O6/c1-14(28)24-16-9-10-19(33-4)17(11-16)25-20(29)13-27-21(30)23(2,26-22(27)31)12-15-7-5-6-8-18(15)32-3/h5-11H,12-13H2,1-4H3,(H,24,28)(H,25,29)(H,26,31). The van der Waals surface area contributed by atoms with Crippen LogP contribution in [-0.2, 0) is 20.8 Å². The average Bonchev–Trinajstić information content (AvgIpc) is 2.96. The first kappa shape index (κ1) is 23.6. The molecule has 1 aliphatic rings. The third kappa shape index (κ3) is 5.22. The van der Waals surface area contributed by atoms with E-state index in [-0.39, 0.29) is 18.0 Å². The summed E-state index contributed by atoms with van der Waals surface area (Å²) in [6.45, 7) is 2.49. The van der Waals surface area contributed by atoms with E-state index in [9.17, 15) is 19.2 Å². The van der Waals surface area contributed by atoms with Crippen molar-refractivity contribution >= 4 is 35.1 Å². The zero-order valence-electron chi connectivity index (χ0n) is 18.9. The van der Waals surface area contributed by atoms with Gasteiger partial charge in [-0.15, -0.1) is 0 Å². The molecule has 0 aliphatic carbocycles. The second-order valence-electron chi connectivity index (χ2n) is 7.79. The van der Waals surface area contributed by atoms with Crippen LogP contribution < -0.4 is 25.4 Å². The Morgan fingerprint density at radius 3 is 2.39 bits per heavy atom.